The number of urea groups is 2. The Hall–Kier alpha value is -3.56. The Labute approximate surface area is 283 Å². The Morgan fingerprint density at radius 3 is 2.38 bits per heavy atom. The first-order valence-corrected chi connectivity index (χ1v) is 18.1. The molecule has 1 unspecified atom stereocenters. The van der Waals surface area contributed by atoms with Gasteiger partial charge in [-0.05, 0) is 88.3 Å². The van der Waals surface area contributed by atoms with Crippen LogP contribution in [0.1, 0.15) is 87.5 Å². The van der Waals surface area contributed by atoms with Gasteiger partial charge in [0.1, 0.15) is 5.82 Å². The fraction of sp³-hybridized carbons (Fsp3) is 0.541. The summed E-state index contributed by atoms with van der Waals surface area (Å²) < 4.78 is 2.53. The van der Waals surface area contributed by atoms with Gasteiger partial charge in [0, 0.05) is 72.3 Å². The molecule has 1 saturated carbocycles. The third-order valence-electron chi connectivity index (χ3n) is 10.9. The van der Waals surface area contributed by atoms with Gasteiger partial charge in [-0.25, -0.2) is 14.6 Å². The number of amides is 4. The minimum Gasteiger partial charge on any atom is -0.335 e. The number of carbonyl (C=O) groups is 2. The SMILES string of the molecule is Cc1nc2c(n1C1C[C@H]3CC[C@@H](C1)N3CCCN(C(=O)Nc1ccc(Cl)cc1)c1ccccc1)CCN(C(=O)NC1CCCCC1)C2. The van der Waals surface area contributed by atoms with Gasteiger partial charge >= 0.3 is 12.1 Å². The van der Waals surface area contributed by atoms with Gasteiger partial charge < -0.3 is 20.1 Å². The summed E-state index contributed by atoms with van der Waals surface area (Å²) in [5.41, 5.74) is 4.05. The Kier molecular flexibility index (Phi) is 9.73. The van der Waals surface area contributed by atoms with E-state index in [0.717, 1.165) is 74.5 Å². The summed E-state index contributed by atoms with van der Waals surface area (Å²) in [5, 5.41) is 6.99. The van der Waals surface area contributed by atoms with E-state index in [1.807, 2.05) is 52.3 Å². The summed E-state index contributed by atoms with van der Waals surface area (Å²) in [6, 6.07) is 19.0. The fourth-order valence-electron chi connectivity index (χ4n) is 8.62. The van der Waals surface area contributed by atoms with Crippen molar-refractivity contribution in [1.82, 2.24) is 24.7 Å². The number of aromatic nitrogens is 2. The normalized spacial score (nSPS) is 22.9. The first kappa shape index (κ1) is 32.0. The van der Waals surface area contributed by atoms with Crippen LogP contribution in [0.3, 0.4) is 0 Å². The number of nitrogens with one attached hydrogen (secondary N) is 2. The van der Waals surface area contributed by atoms with Gasteiger partial charge in [0.15, 0.2) is 0 Å². The predicted molar refractivity (Wildman–Crippen MR) is 187 cm³/mol. The van der Waals surface area contributed by atoms with Crippen molar-refractivity contribution < 1.29 is 9.59 Å². The molecule has 7 rings (SSSR count). The first-order chi connectivity index (χ1) is 22.9. The molecular weight excluding hydrogens is 610 g/mol. The number of halogens is 1. The van der Waals surface area contributed by atoms with Crippen LogP contribution in [0, 0.1) is 6.92 Å². The van der Waals surface area contributed by atoms with Crippen LogP contribution in [0.4, 0.5) is 21.0 Å². The number of rotatable bonds is 8. The number of hydrogen-bond donors (Lipinski definition) is 2. The highest BCUT2D eigenvalue weighted by Crippen LogP contribution is 2.42. The van der Waals surface area contributed by atoms with Crippen LogP contribution in [0.2, 0.25) is 5.02 Å². The lowest BCUT2D eigenvalue weighted by Crippen LogP contribution is -2.47. The zero-order chi connectivity index (χ0) is 32.3. The summed E-state index contributed by atoms with van der Waals surface area (Å²) in [6.07, 6.45) is 12.4. The second-order valence-corrected chi connectivity index (χ2v) is 14.3. The van der Waals surface area contributed by atoms with Crippen molar-refractivity contribution in [3.05, 3.63) is 76.8 Å². The minimum absolute atomic E-state index is 0.0781. The number of carbonyl (C=O) groups excluding carboxylic acids is 2. The van der Waals surface area contributed by atoms with E-state index in [1.54, 1.807) is 12.1 Å². The molecule has 250 valence electrons. The molecule has 4 heterocycles. The van der Waals surface area contributed by atoms with E-state index in [4.69, 9.17) is 16.6 Å². The quantitative estimate of drug-likeness (QED) is 0.262. The van der Waals surface area contributed by atoms with Crippen molar-refractivity contribution >= 4 is 35.0 Å². The number of aryl methyl sites for hydroxylation is 1. The Morgan fingerprint density at radius 1 is 0.936 bits per heavy atom. The molecule has 47 heavy (non-hydrogen) atoms. The van der Waals surface area contributed by atoms with Gasteiger partial charge in [-0.2, -0.15) is 0 Å². The van der Waals surface area contributed by atoms with E-state index in [2.05, 4.69) is 27.0 Å². The summed E-state index contributed by atoms with van der Waals surface area (Å²) in [4.78, 5) is 38.1. The number of para-hydroxylation sites is 1. The van der Waals surface area contributed by atoms with Crippen LogP contribution < -0.4 is 15.5 Å². The molecule has 0 radical (unpaired) electrons. The summed E-state index contributed by atoms with van der Waals surface area (Å²) in [6.45, 7) is 5.13. The number of hydrogen-bond acceptors (Lipinski definition) is 4. The number of benzene rings is 2. The second-order valence-electron chi connectivity index (χ2n) is 13.9. The maximum atomic E-state index is 13.4. The minimum atomic E-state index is -0.134. The van der Waals surface area contributed by atoms with Gasteiger partial charge in [-0.15, -0.1) is 0 Å². The van der Waals surface area contributed by atoms with Crippen LogP contribution >= 0.6 is 11.6 Å². The summed E-state index contributed by atoms with van der Waals surface area (Å²) >= 11 is 6.05. The molecule has 4 amide bonds. The predicted octanol–water partition coefficient (Wildman–Crippen LogP) is 7.54. The second kappa shape index (κ2) is 14.3. The van der Waals surface area contributed by atoms with E-state index >= 15 is 0 Å². The lowest BCUT2D eigenvalue weighted by atomic mass is 9.95. The van der Waals surface area contributed by atoms with Crippen molar-refractivity contribution in [3.63, 3.8) is 0 Å². The smallest absolute Gasteiger partial charge is 0.326 e. The number of nitrogens with zero attached hydrogens (tertiary/aromatic N) is 5. The van der Waals surface area contributed by atoms with Gasteiger partial charge in [-0.1, -0.05) is 49.1 Å². The van der Waals surface area contributed by atoms with E-state index in [0.29, 0.717) is 42.3 Å². The van der Waals surface area contributed by atoms with Crippen molar-refractivity contribution in [2.75, 3.05) is 29.9 Å². The van der Waals surface area contributed by atoms with Gasteiger partial charge in [0.2, 0.25) is 0 Å². The molecule has 2 bridgehead atoms. The Balaban J connectivity index is 0.960. The number of piperidine rings is 1. The topological polar surface area (TPSA) is 85.7 Å². The average Bonchev–Trinajstić information content (AvgIpc) is 3.54. The monoisotopic (exact) mass is 657 g/mol. The molecule has 3 atom stereocenters. The molecular formula is C37H48ClN7O2. The van der Waals surface area contributed by atoms with Crippen LogP contribution in [0.25, 0.3) is 0 Å². The third kappa shape index (κ3) is 7.16. The van der Waals surface area contributed by atoms with Crippen molar-refractivity contribution in [2.24, 2.45) is 0 Å². The molecule has 3 fully saturated rings. The third-order valence-corrected chi connectivity index (χ3v) is 11.1. The Bertz CT molecular complexity index is 1520. The standard InChI is InChI=1S/C37H48ClN7O2/c1-26-39-34-25-42(36(46)40-28-9-4-2-5-10-28)22-19-35(34)45(26)33-23-31-17-18-32(24-33)43(31)20-8-21-44(30-11-6-3-7-12-30)37(47)41-29-15-13-27(38)14-16-29/h3,6-7,11-16,28,31-33H,2,4-5,8-10,17-25H2,1H3,(H,40,46)(H,41,47)/t31-,32+,33?. The molecule has 9 nitrogen and oxygen atoms in total. The van der Waals surface area contributed by atoms with E-state index < -0.39 is 0 Å². The molecule has 1 aromatic heterocycles. The lowest BCUT2D eigenvalue weighted by molar-refractivity contribution is 0.104. The van der Waals surface area contributed by atoms with Crippen LogP contribution in [-0.2, 0) is 13.0 Å². The highest BCUT2D eigenvalue weighted by molar-refractivity contribution is 6.30. The lowest BCUT2D eigenvalue weighted by Gasteiger charge is -2.41. The van der Waals surface area contributed by atoms with Crippen molar-refractivity contribution in [3.8, 4) is 0 Å². The number of imidazole rings is 1. The maximum absolute atomic E-state index is 13.4. The zero-order valence-corrected chi connectivity index (χ0v) is 28.3. The van der Waals surface area contributed by atoms with E-state index in [1.165, 1.54) is 37.8 Å². The number of fused-ring (bicyclic) bond motifs is 3. The molecule has 0 spiro atoms. The molecule has 1 aliphatic carbocycles. The zero-order valence-electron chi connectivity index (χ0n) is 27.5. The molecule has 2 aromatic carbocycles. The van der Waals surface area contributed by atoms with E-state index in [9.17, 15) is 9.59 Å². The van der Waals surface area contributed by atoms with Gasteiger partial charge in [0.05, 0.1) is 12.2 Å². The molecule has 2 saturated heterocycles. The van der Waals surface area contributed by atoms with Crippen molar-refractivity contribution in [2.45, 2.75) is 108 Å². The first-order valence-electron chi connectivity index (χ1n) is 17.7. The molecule has 4 aliphatic rings. The molecule has 3 aliphatic heterocycles. The largest absolute Gasteiger partial charge is 0.335 e. The highest BCUT2D eigenvalue weighted by atomic mass is 35.5. The van der Waals surface area contributed by atoms with Crippen LogP contribution in [0.5, 0.6) is 0 Å². The van der Waals surface area contributed by atoms with Crippen LogP contribution in [0.15, 0.2) is 54.6 Å². The molecule has 10 heteroatoms. The Morgan fingerprint density at radius 2 is 1.66 bits per heavy atom. The maximum Gasteiger partial charge on any atom is 0.326 e. The summed E-state index contributed by atoms with van der Waals surface area (Å²) in [5.74, 6) is 1.09. The highest BCUT2D eigenvalue weighted by Gasteiger charge is 2.42. The van der Waals surface area contributed by atoms with Gasteiger partial charge in [0.25, 0.3) is 0 Å². The summed E-state index contributed by atoms with van der Waals surface area (Å²) in [7, 11) is 0. The van der Waals surface area contributed by atoms with Crippen LogP contribution in [-0.4, -0.2) is 69.2 Å². The van der Waals surface area contributed by atoms with Gasteiger partial charge in [-0.3, -0.25) is 9.80 Å². The van der Waals surface area contributed by atoms with Crippen molar-refractivity contribution in [1.29, 1.82) is 0 Å². The molecule has 3 aromatic rings. The average molecular weight is 658 g/mol. The van der Waals surface area contributed by atoms with E-state index in [-0.39, 0.29) is 12.1 Å². The number of anilines is 2. The molecule has 2 N–H and O–H groups in total. The fourth-order valence-corrected chi connectivity index (χ4v) is 8.75.